The second-order valence-electron chi connectivity index (χ2n) is 9.10. The number of hydrogen-bond donors (Lipinski definition) is 1. The van der Waals surface area contributed by atoms with Gasteiger partial charge in [0.05, 0.1) is 11.6 Å². The van der Waals surface area contributed by atoms with Crippen molar-refractivity contribution < 1.29 is 19.4 Å². The number of aryl methyl sites for hydroxylation is 1. The molecule has 0 saturated carbocycles. The van der Waals surface area contributed by atoms with Crippen LogP contribution >= 0.6 is 11.6 Å². The number of nitrogens with zero attached hydrogens (tertiary/aromatic N) is 2. The van der Waals surface area contributed by atoms with Crippen molar-refractivity contribution >= 4 is 29.1 Å². The van der Waals surface area contributed by atoms with Crippen molar-refractivity contribution in [2.45, 2.75) is 19.6 Å². The highest BCUT2D eigenvalue weighted by Crippen LogP contribution is 2.40. The molecule has 7 heteroatoms. The van der Waals surface area contributed by atoms with Crippen LogP contribution in [0.15, 0.2) is 78.4 Å². The third kappa shape index (κ3) is 5.45. The second-order valence-corrected chi connectivity index (χ2v) is 9.53. The molecule has 36 heavy (non-hydrogen) atoms. The van der Waals surface area contributed by atoms with E-state index in [2.05, 4.69) is 0 Å². The lowest BCUT2D eigenvalue weighted by atomic mass is 9.94. The van der Waals surface area contributed by atoms with E-state index >= 15 is 0 Å². The van der Waals surface area contributed by atoms with Gasteiger partial charge in [-0.15, -0.1) is 0 Å². The number of Topliss-reactive ketones (excluding diaryl/α,β-unsaturated/α-hetero) is 1. The van der Waals surface area contributed by atoms with Crippen LogP contribution in [0.4, 0.5) is 0 Å². The predicted octanol–water partition coefficient (Wildman–Crippen LogP) is 5.21. The number of carbonyl (C=O) groups excluding carboxylic acids is 2. The molecule has 0 radical (unpaired) electrons. The maximum atomic E-state index is 13.2. The molecule has 1 aliphatic heterocycles. The smallest absolute Gasteiger partial charge is 0.295 e. The highest BCUT2D eigenvalue weighted by Gasteiger charge is 2.46. The standard InChI is InChI=1S/C29H29ClN2O4/c1-19-17-23(36-18-20-7-5-4-6-8-20)13-14-24(19)27(33)25-26(21-9-11-22(30)12-10-21)32(16-15-31(2)3)29(35)28(25)34/h4-14,17,26,33H,15-16,18H2,1-3H3/b27-25+. The highest BCUT2D eigenvalue weighted by atomic mass is 35.5. The first-order valence-electron chi connectivity index (χ1n) is 11.7. The quantitative estimate of drug-likeness (QED) is 0.259. The SMILES string of the molecule is Cc1cc(OCc2ccccc2)ccc1/C(O)=C1\C(=O)C(=O)N(CCN(C)C)C1c1ccc(Cl)cc1. The zero-order chi connectivity index (χ0) is 25.8. The molecule has 0 bridgehead atoms. The Kier molecular flexibility index (Phi) is 7.77. The average Bonchev–Trinajstić information content (AvgIpc) is 3.12. The number of likely N-dealkylation sites (N-methyl/N-ethyl adjacent to an activating group) is 1. The van der Waals surface area contributed by atoms with E-state index in [9.17, 15) is 14.7 Å². The minimum absolute atomic E-state index is 0.0714. The Morgan fingerprint density at radius 1 is 1.03 bits per heavy atom. The third-order valence-electron chi connectivity index (χ3n) is 6.22. The van der Waals surface area contributed by atoms with Gasteiger partial charge in [0, 0.05) is 23.7 Å². The minimum Gasteiger partial charge on any atom is -0.507 e. The second kappa shape index (κ2) is 11.0. The summed E-state index contributed by atoms with van der Waals surface area (Å²) in [5, 5.41) is 11.9. The summed E-state index contributed by atoms with van der Waals surface area (Å²) in [5.74, 6) is -0.879. The molecule has 1 amide bonds. The molecule has 1 atom stereocenters. The van der Waals surface area contributed by atoms with Gasteiger partial charge in [-0.1, -0.05) is 54.1 Å². The Morgan fingerprint density at radius 2 is 1.72 bits per heavy atom. The van der Waals surface area contributed by atoms with E-state index in [-0.39, 0.29) is 11.3 Å². The number of hydrogen-bond acceptors (Lipinski definition) is 5. The molecule has 4 rings (SSSR count). The molecule has 1 N–H and O–H groups in total. The molecular weight excluding hydrogens is 476 g/mol. The van der Waals surface area contributed by atoms with E-state index in [0.717, 1.165) is 11.1 Å². The molecule has 3 aromatic carbocycles. The van der Waals surface area contributed by atoms with Crippen LogP contribution in [0.3, 0.4) is 0 Å². The van der Waals surface area contributed by atoms with Crippen LogP contribution in [-0.4, -0.2) is 53.8 Å². The summed E-state index contributed by atoms with van der Waals surface area (Å²) in [6.07, 6.45) is 0. The number of aliphatic hydroxyl groups is 1. The normalized spacial score (nSPS) is 17.1. The molecule has 1 fully saturated rings. The van der Waals surface area contributed by atoms with Gasteiger partial charge >= 0.3 is 0 Å². The van der Waals surface area contributed by atoms with Crippen LogP contribution in [0, 0.1) is 6.92 Å². The van der Waals surface area contributed by atoms with E-state index in [1.165, 1.54) is 4.90 Å². The number of likely N-dealkylation sites (tertiary alicyclic amines) is 1. The summed E-state index contributed by atoms with van der Waals surface area (Å²) in [6.45, 7) is 3.17. The lowest BCUT2D eigenvalue weighted by molar-refractivity contribution is -0.140. The first kappa shape index (κ1) is 25.5. The van der Waals surface area contributed by atoms with Gasteiger partial charge in [-0.05, 0) is 68.0 Å². The van der Waals surface area contributed by atoms with Crippen LogP contribution in [-0.2, 0) is 16.2 Å². The van der Waals surface area contributed by atoms with Crippen molar-refractivity contribution in [2.24, 2.45) is 0 Å². The van der Waals surface area contributed by atoms with Crippen molar-refractivity contribution in [1.82, 2.24) is 9.80 Å². The molecule has 1 aliphatic rings. The number of aliphatic hydroxyl groups excluding tert-OH is 1. The number of benzene rings is 3. The van der Waals surface area contributed by atoms with Gasteiger partial charge in [-0.25, -0.2) is 0 Å². The predicted molar refractivity (Wildman–Crippen MR) is 141 cm³/mol. The molecule has 186 valence electrons. The van der Waals surface area contributed by atoms with Gasteiger partial charge in [0.15, 0.2) is 0 Å². The fourth-order valence-corrected chi connectivity index (χ4v) is 4.41. The van der Waals surface area contributed by atoms with Crippen LogP contribution in [0.5, 0.6) is 5.75 Å². The van der Waals surface area contributed by atoms with Crippen LogP contribution in [0.1, 0.15) is 28.3 Å². The van der Waals surface area contributed by atoms with Gasteiger partial charge < -0.3 is 19.6 Å². The molecule has 1 heterocycles. The summed E-state index contributed by atoms with van der Waals surface area (Å²) >= 11 is 6.08. The zero-order valence-electron chi connectivity index (χ0n) is 20.6. The van der Waals surface area contributed by atoms with Gasteiger partial charge in [0.2, 0.25) is 0 Å². The fraction of sp³-hybridized carbons (Fsp3) is 0.241. The molecule has 1 unspecified atom stereocenters. The van der Waals surface area contributed by atoms with Crippen LogP contribution in [0.2, 0.25) is 5.02 Å². The number of rotatable bonds is 8. The Hall–Kier alpha value is -3.61. The van der Waals surface area contributed by atoms with Crippen molar-refractivity contribution in [1.29, 1.82) is 0 Å². The Bertz CT molecular complexity index is 1290. The molecular formula is C29H29ClN2O4. The van der Waals surface area contributed by atoms with Gasteiger partial charge in [0.25, 0.3) is 11.7 Å². The van der Waals surface area contributed by atoms with E-state index in [4.69, 9.17) is 16.3 Å². The number of ketones is 1. The largest absolute Gasteiger partial charge is 0.507 e. The highest BCUT2D eigenvalue weighted by molar-refractivity contribution is 6.46. The summed E-state index contributed by atoms with van der Waals surface area (Å²) in [5.41, 5.74) is 3.03. The molecule has 0 spiro atoms. The van der Waals surface area contributed by atoms with Gasteiger partial charge in [0.1, 0.15) is 18.1 Å². The zero-order valence-corrected chi connectivity index (χ0v) is 21.3. The van der Waals surface area contributed by atoms with Crippen molar-refractivity contribution in [3.05, 3.63) is 106 Å². The molecule has 0 aliphatic carbocycles. The van der Waals surface area contributed by atoms with Crippen molar-refractivity contribution in [2.75, 3.05) is 27.2 Å². The molecule has 6 nitrogen and oxygen atoms in total. The fourth-order valence-electron chi connectivity index (χ4n) is 4.29. The average molecular weight is 505 g/mol. The Labute approximate surface area is 216 Å². The topological polar surface area (TPSA) is 70.1 Å². The first-order valence-corrected chi connectivity index (χ1v) is 12.1. The minimum atomic E-state index is -0.712. The number of amides is 1. The summed E-state index contributed by atoms with van der Waals surface area (Å²) < 4.78 is 5.90. The number of carbonyl (C=O) groups is 2. The van der Waals surface area contributed by atoms with Crippen LogP contribution in [0.25, 0.3) is 5.76 Å². The van der Waals surface area contributed by atoms with Crippen LogP contribution < -0.4 is 4.74 Å². The summed E-state index contributed by atoms with van der Waals surface area (Å²) in [6, 6.07) is 21.4. The summed E-state index contributed by atoms with van der Waals surface area (Å²) in [4.78, 5) is 29.7. The first-order chi connectivity index (χ1) is 17.3. The maximum absolute atomic E-state index is 13.2. The van der Waals surface area contributed by atoms with Gasteiger partial charge in [-0.2, -0.15) is 0 Å². The molecule has 3 aromatic rings. The number of halogens is 1. The molecule has 0 aromatic heterocycles. The lowest BCUT2D eigenvalue weighted by Gasteiger charge is -2.26. The van der Waals surface area contributed by atoms with Crippen molar-refractivity contribution in [3.8, 4) is 5.75 Å². The molecule has 1 saturated heterocycles. The monoisotopic (exact) mass is 504 g/mol. The lowest BCUT2D eigenvalue weighted by Crippen LogP contribution is -2.35. The maximum Gasteiger partial charge on any atom is 0.295 e. The Morgan fingerprint density at radius 3 is 2.36 bits per heavy atom. The van der Waals surface area contributed by atoms with E-state index < -0.39 is 17.7 Å². The van der Waals surface area contributed by atoms with Crippen molar-refractivity contribution in [3.63, 3.8) is 0 Å². The van der Waals surface area contributed by atoms with E-state index in [0.29, 0.717) is 41.6 Å². The van der Waals surface area contributed by atoms with E-state index in [1.54, 1.807) is 36.4 Å². The van der Waals surface area contributed by atoms with E-state index in [1.807, 2.05) is 62.3 Å². The number of ether oxygens (including phenoxy) is 1. The van der Waals surface area contributed by atoms with Gasteiger partial charge in [-0.3, -0.25) is 9.59 Å². The summed E-state index contributed by atoms with van der Waals surface area (Å²) in [7, 11) is 3.80. The third-order valence-corrected chi connectivity index (χ3v) is 6.47. The Balaban J connectivity index is 1.70.